The molecule has 0 saturated carbocycles. The van der Waals surface area contributed by atoms with Gasteiger partial charge in [-0.2, -0.15) is 4.98 Å². The van der Waals surface area contributed by atoms with E-state index in [-0.39, 0.29) is 6.10 Å². The number of halogens is 1. The van der Waals surface area contributed by atoms with Crippen molar-refractivity contribution in [2.24, 2.45) is 5.92 Å². The summed E-state index contributed by atoms with van der Waals surface area (Å²) in [5.74, 6) is 1.95. The van der Waals surface area contributed by atoms with E-state index in [1.165, 1.54) is 12.8 Å². The minimum atomic E-state index is 0.232. The van der Waals surface area contributed by atoms with Crippen LogP contribution in [0.25, 0.3) is 0 Å². The zero-order chi connectivity index (χ0) is 16.9. The highest BCUT2D eigenvalue weighted by atomic mass is 35.5. The second-order valence-electron chi connectivity index (χ2n) is 6.54. The maximum absolute atomic E-state index is 6.17. The van der Waals surface area contributed by atoms with Crippen molar-refractivity contribution in [1.82, 2.24) is 15.3 Å². The van der Waals surface area contributed by atoms with E-state index >= 15 is 0 Å². The third kappa shape index (κ3) is 4.91. The van der Waals surface area contributed by atoms with Gasteiger partial charge in [0.15, 0.2) is 5.11 Å². The number of nitrogens with zero attached hydrogens (tertiary/aromatic N) is 3. The number of thiocarbonyl (C=S) groups is 1. The number of hydrogen-bond acceptors (Lipinski definition) is 5. The molecule has 2 fully saturated rings. The molecule has 24 heavy (non-hydrogen) atoms. The van der Waals surface area contributed by atoms with Gasteiger partial charge >= 0.3 is 0 Å². The van der Waals surface area contributed by atoms with E-state index in [0.29, 0.717) is 28.7 Å². The molecule has 1 aromatic rings. The summed E-state index contributed by atoms with van der Waals surface area (Å²) in [5.41, 5.74) is 0. The summed E-state index contributed by atoms with van der Waals surface area (Å²) in [6.45, 7) is 5.79. The summed E-state index contributed by atoms with van der Waals surface area (Å²) in [4.78, 5) is 11.1. The van der Waals surface area contributed by atoms with Crippen molar-refractivity contribution in [1.29, 1.82) is 0 Å². The molecule has 2 unspecified atom stereocenters. The molecule has 132 valence electrons. The minimum absolute atomic E-state index is 0.232. The average Bonchev–Trinajstić information content (AvgIpc) is 3.06. The van der Waals surface area contributed by atoms with Crippen LogP contribution >= 0.6 is 23.8 Å². The highest BCUT2D eigenvalue weighted by molar-refractivity contribution is 7.80. The van der Waals surface area contributed by atoms with Gasteiger partial charge in [0.25, 0.3) is 0 Å². The van der Waals surface area contributed by atoms with E-state index in [2.05, 4.69) is 32.4 Å². The van der Waals surface area contributed by atoms with E-state index in [9.17, 15) is 0 Å². The number of nitrogens with one attached hydrogen (secondary N) is 2. The topological polar surface area (TPSA) is 62.3 Å². The molecule has 0 aromatic carbocycles. The Kier molecular flexibility index (Phi) is 6.08. The predicted octanol–water partition coefficient (Wildman–Crippen LogP) is 2.83. The molecule has 3 heterocycles. The van der Waals surface area contributed by atoms with Crippen molar-refractivity contribution >= 4 is 40.7 Å². The fourth-order valence-corrected chi connectivity index (χ4v) is 3.53. The molecule has 3 rings (SSSR count). The van der Waals surface area contributed by atoms with Gasteiger partial charge in [-0.05, 0) is 43.8 Å². The van der Waals surface area contributed by atoms with Crippen LogP contribution < -0.4 is 15.5 Å². The summed E-state index contributed by atoms with van der Waals surface area (Å²) >= 11 is 11.5. The van der Waals surface area contributed by atoms with Gasteiger partial charge in [0.1, 0.15) is 11.0 Å². The second kappa shape index (κ2) is 8.27. The molecule has 8 heteroatoms. The van der Waals surface area contributed by atoms with E-state index in [1.807, 2.05) is 6.07 Å². The van der Waals surface area contributed by atoms with Gasteiger partial charge in [0, 0.05) is 32.3 Å². The molecule has 0 aliphatic carbocycles. The van der Waals surface area contributed by atoms with Gasteiger partial charge in [-0.25, -0.2) is 4.98 Å². The monoisotopic (exact) mass is 369 g/mol. The summed E-state index contributed by atoms with van der Waals surface area (Å²) in [6.07, 6.45) is 4.85. The lowest BCUT2D eigenvalue weighted by atomic mass is 10.0. The average molecular weight is 370 g/mol. The summed E-state index contributed by atoms with van der Waals surface area (Å²) < 4.78 is 5.57. The highest BCUT2D eigenvalue weighted by Crippen LogP contribution is 2.24. The summed E-state index contributed by atoms with van der Waals surface area (Å²) in [7, 11) is 0. The standard InChI is InChI=1S/C16H24ClN5OS/c1-11-4-2-6-22(10-11)14-8-13(17)19-15(20-14)21-16(24)18-9-12-5-3-7-23-12/h8,11-12H,2-7,9-10H2,1H3,(H2,18,19,20,21,24). The number of ether oxygens (including phenoxy) is 1. The van der Waals surface area contributed by atoms with Gasteiger partial charge in [-0.1, -0.05) is 18.5 Å². The smallest absolute Gasteiger partial charge is 0.232 e. The largest absolute Gasteiger partial charge is 0.376 e. The lowest BCUT2D eigenvalue weighted by Crippen LogP contribution is -2.36. The van der Waals surface area contributed by atoms with Gasteiger partial charge in [-0.3, -0.25) is 0 Å². The Morgan fingerprint density at radius 1 is 1.42 bits per heavy atom. The molecule has 0 spiro atoms. The van der Waals surface area contributed by atoms with Gasteiger partial charge in [0.05, 0.1) is 6.10 Å². The maximum Gasteiger partial charge on any atom is 0.232 e. The number of piperidine rings is 1. The molecule has 2 saturated heterocycles. The number of hydrogen-bond donors (Lipinski definition) is 2. The Balaban J connectivity index is 1.59. The first-order valence-electron chi connectivity index (χ1n) is 8.56. The van der Waals surface area contributed by atoms with Crippen molar-refractivity contribution in [2.45, 2.75) is 38.7 Å². The van der Waals surface area contributed by atoms with E-state index < -0.39 is 0 Å². The van der Waals surface area contributed by atoms with Crippen molar-refractivity contribution in [3.63, 3.8) is 0 Å². The molecule has 2 N–H and O–H groups in total. The third-order valence-corrected chi connectivity index (χ3v) is 4.84. The predicted molar refractivity (Wildman–Crippen MR) is 101 cm³/mol. The molecule has 2 atom stereocenters. The zero-order valence-electron chi connectivity index (χ0n) is 13.9. The Bertz CT molecular complexity index is 582. The molecule has 2 aliphatic heterocycles. The minimum Gasteiger partial charge on any atom is -0.376 e. The van der Waals surface area contributed by atoms with Crippen LogP contribution in [0.5, 0.6) is 0 Å². The first kappa shape index (κ1) is 17.6. The quantitative estimate of drug-likeness (QED) is 0.625. The molecule has 0 bridgehead atoms. The molecular formula is C16H24ClN5OS. The molecule has 0 radical (unpaired) electrons. The van der Waals surface area contributed by atoms with Crippen molar-refractivity contribution in [3.8, 4) is 0 Å². The molecule has 0 amide bonds. The van der Waals surface area contributed by atoms with Gasteiger partial charge in [-0.15, -0.1) is 0 Å². The number of anilines is 2. The second-order valence-corrected chi connectivity index (χ2v) is 7.33. The van der Waals surface area contributed by atoms with Gasteiger partial charge in [0.2, 0.25) is 5.95 Å². The lowest BCUT2D eigenvalue weighted by molar-refractivity contribution is 0.114. The van der Waals surface area contributed by atoms with E-state index in [4.69, 9.17) is 28.6 Å². The molecular weight excluding hydrogens is 346 g/mol. The van der Waals surface area contributed by atoms with Crippen LogP contribution in [0, 0.1) is 5.92 Å². The summed E-state index contributed by atoms with van der Waals surface area (Å²) in [5, 5.41) is 7.10. The third-order valence-electron chi connectivity index (χ3n) is 4.40. The van der Waals surface area contributed by atoms with Crippen molar-refractivity contribution < 1.29 is 4.74 Å². The van der Waals surface area contributed by atoms with Crippen molar-refractivity contribution in [3.05, 3.63) is 11.2 Å². The van der Waals surface area contributed by atoms with Crippen LogP contribution in [0.4, 0.5) is 11.8 Å². The lowest BCUT2D eigenvalue weighted by Gasteiger charge is -2.32. The Morgan fingerprint density at radius 2 is 2.29 bits per heavy atom. The van der Waals surface area contributed by atoms with Crippen LogP contribution in [0.1, 0.15) is 32.6 Å². The van der Waals surface area contributed by atoms with E-state index in [0.717, 1.165) is 38.4 Å². The van der Waals surface area contributed by atoms with Gasteiger partial charge < -0.3 is 20.3 Å². The Labute approximate surface area is 153 Å². The normalized spacial score (nSPS) is 24.0. The fourth-order valence-electron chi connectivity index (χ4n) is 3.18. The first-order valence-corrected chi connectivity index (χ1v) is 9.35. The Morgan fingerprint density at radius 3 is 3.04 bits per heavy atom. The molecule has 1 aromatic heterocycles. The van der Waals surface area contributed by atoms with Crippen molar-refractivity contribution in [2.75, 3.05) is 36.5 Å². The Hall–Kier alpha value is -1.18. The van der Waals surface area contributed by atoms with Crippen LogP contribution in [0.2, 0.25) is 5.15 Å². The molecule has 2 aliphatic rings. The molecule has 6 nitrogen and oxygen atoms in total. The van der Waals surface area contributed by atoms with Crippen LogP contribution in [0.15, 0.2) is 6.07 Å². The zero-order valence-corrected chi connectivity index (χ0v) is 15.5. The fraction of sp³-hybridized carbons (Fsp3) is 0.688. The number of aromatic nitrogens is 2. The summed E-state index contributed by atoms with van der Waals surface area (Å²) in [6, 6.07) is 1.81. The van der Waals surface area contributed by atoms with Crippen LogP contribution in [-0.2, 0) is 4.74 Å². The van der Waals surface area contributed by atoms with Crippen LogP contribution in [0.3, 0.4) is 0 Å². The SMILES string of the molecule is CC1CCCN(c2cc(Cl)nc(NC(=S)NCC3CCCO3)n2)C1. The van der Waals surface area contributed by atoms with E-state index in [1.54, 1.807) is 0 Å². The maximum atomic E-state index is 6.17. The van der Waals surface area contributed by atoms with Crippen LogP contribution in [-0.4, -0.2) is 47.4 Å². The number of rotatable bonds is 4. The first-order chi connectivity index (χ1) is 11.6. The highest BCUT2D eigenvalue weighted by Gasteiger charge is 2.19.